The Morgan fingerprint density at radius 1 is 1.35 bits per heavy atom. The molecule has 1 aromatic rings. The zero-order valence-corrected chi connectivity index (χ0v) is 13.0. The van der Waals surface area contributed by atoms with Gasteiger partial charge < -0.3 is 10.1 Å². The van der Waals surface area contributed by atoms with Crippen molar-refractivity contribution in [2.75, 3.05) is 12.9 Å². The molecule has 1 aliphatic heterocycles. The van der Waals surface area contributed by atoms with Crippen molar-refractivity contribution in [1.29, 1.82) is 0 Å². The third kappa shape index (κ3) is 2.23. The highest BCUT2D eigenvalue weighted by Gasteiger charge is 2.47. The molecule has 1 aliphatic carbocycles. The molecule has 2 atom stereocenters. The van der Waals surface area contributed by atoms with Crippen molar-refractivity contribution >= 4 is 9.84 Å². The van der Waals surface area contributed by atoms with Crippen LogP contribution in [0.3, 0.4) is 0 Å². The van der Waals surface area contributed by atoms with Crippen LogP contribution < -0.4 is 10.1 Å². The smallest absolute Gasteiger partial charge is 0.156 e. The Morgan fingerprint density at radius 2 is 2.10 bits per heavy atom. The fraction of sp³-hybridized carbons (Fsp3) is 0.600. The van der Waals surface area contributed by atoms with E-state index in [9.17, 15) is 8.42 Å². The molecule has 0 amide bonds. The molecule has 1 N–H and O–H groups in total. The average molecular weight is 295 g/mol. The molecule has 0 radical (unpaired) electrons. The van der Waals surface area contributed by atoms with Gasteiger partial charge in [-0.2, -0.15) is 0 Å². The van der Waals surface area contributed by atoms with Crippen molar-refractivity contribution in [3.8, 4) is 5.75 Å². The van der Waals surface area contributed by atoms with Crippen LogP contribution in [0.4, 0.5) is 0 Å². The molecule has 110 valence electrons. The number of hydrogen-bond donors (Lipinski definition) is 1. The Morgan fingerprint density at radius 3 is 2.80 bits per heavy atom. The Labute approximate surface area is 120 Å². The summed E-state index contributed by atoms with van der Waals surface area (Å²) in [7, 11) is -1.42. The lowest BCUT2D eigenvalue weighted by Gasteiger charge is -2.44. The summed E-state index contributed by atoms with van der Waals surface area (Å²) >= 11 is 0. The number of sulfone groups is 1. The number of fused-ring (bicyclic) bond motifs is 3. The van der Waals surface area contributed by atoms with E-state index < -0.39 is 15.4 Å². The fourth-order valence-electron chi connectivity index (χ4n) is 3.51. The van der Waals surface area contributed by atoms with E-state index in [-0.39, 0.29) is 17.0 Å². The standard InChI is InChI=1S/C15H21NO3S/c1-15(2)9-20(17,18)13-7-5-10-4-6-11(19-3)8-12(10)14(13)16-15/h4,6,8,13-14,16H,5,7,9H2,1-3H3. The third-order valence-corrected chi connectivity index (χ3v) is 6.88. The van der Waals surface area contributed by atoms with Gasteiger partial charge in [0.25, 0.3) is 0 Å². The highest BCUT2D eigenvalue weighted by Crippen LogP contribution is 2.40. The second-order valence-electron chi connectivity index (χ2n) is 6.45. The van der Waals surface area contributed by atoms with Crippen LogP contribution in [0, 0.1) is 0 Å². The molecule has 5 heteroatoms. The van der Waals surface area contributed by atoms with E-state index in [1.807, 2.05) is 26.0 Å². The van der Waals surface area contributed by atoms with Gasteiger partial charge in [-0.15, -0.1) is 0 Å². The van der Waals surface area contributed by atoms with Gasteiger partial charge in [-0.3, -0.25) is 0 Å². The van der Waals surface area contributed by atoms with E-state index in [1.54, 1.807) is 7.11 Å². The topological polar surface area (TPSA) is 55.4 Å². The summed E-state index contributed by atoms with van der Waals surface area (Å²) < 4.78 is 30.3. The van der Waals surface area contributed by atoms with Gasteiger partial charge in [-0.25, -0.2) is 8.42 Å². The van der Waals surface area contributed by atoms with Crippen LogP contribution in [0.5, 0.6) is 5.75 Å². The van der Waals surface area contributed by atoms with Crippen LogP contribution in [0.15, 0.2) is 18.2 Å². The summed E-state index contributed by atoms with van der Waals surface area (Å²) in [6.45, 7) is 3.91. The molecule has 1 fully saturated rings. The molecule has 0 saturated carbocycles. The maximum absolute atomic E-state index is 12.5. The monoisotopic (exact) mass is 295 g/mol. The highest BCUT2D eigenvalue weighted by molar-refractivity contribution is 7.92. The minimum Gasteiger partial charge on any atom is -0.497 e. The lowest BCUT2D eigenvalue weighted by atomic mass is 9.85. The summed E-state index contributed by atoms with van der Waals surface area (Å²) in [5.74, 6) is 0.993. The molecule has 2 aliphatic rings. The van der Waals surface area contributed by atoms with E-state index in [1.165, 1.54) is 5.56 Å². The summed E-state index contributed by atoms with van der Waals surface area (Å²) in [6.07, 6.45) is 1.53. The van der Waals surface area contributed by atoms with Crippen molar-refractivity contribution in [1.82, 2.24) is 5.32 Å². The number of hydrogen-bond acceptors (Lipinski definition) is 4. The molecule has 4 nitrogen and oxygen atoms in total. The first-order valence-electron chi connectivity index (χ1n) is 6.98. The molecule has 0 aromatic heterocycles. The molecular weight excluding hydrogens is 274 g/mol. The van der Waals surface area contributed by atoms with E-state index in [0.717, 1.165) is 17.7 Å². The maximum atomic E-state index is 12.5. The normalized spacial score (nSPS) is 30.1. The minimum atomic E-state index is -3.06. The van der Waals surface area contributed by atoms with Crippen LogP contribution >= 0.6 is 0 Å². The van der Waals surface area contributed by atoms with Crippen molar-refractivity contribution < 1.29 is 13.2 Å². The van der Waals surface area contributed by atoms with Crippen molar-refractivity contribution in [2.45, 2.75) is 43.5 Å². The second kappa shape index (κ2) is 4.46. The number of nitrogens with one attached hydrogen (secondary N) is 1. The zero-order chi connectivity index (χ0) is 14.5. The maximum Gasteiger partial charge on any atom is 0.156 e. The van der Waals surface area contributed by atoms with Gasteiger partial charge in [0.2, 0.25) is 0 Å². The van der Waals surface area contributed by atoms with Crippen LogP contribution in [0.2, 0.25) is 0 Å². The lowest BCUT2D eigenvalue weighted by molar-refractivity contribution is 0.312. The summed E-state index contributed by atoms with van der Waals surface area (Å²) in [4.78, 5) is 0. The molecule has 1 heterocycles. The fourth-order valence-corrected chi connectivity index (χ4v) is 5.92. The Hall–Kier alpha value is -1.07. The zero-order valence-electron chi connectivity index (χ0n) is 12.1. The summed E-state index contributed by atoms with van der Waals surface area (Å²) in [5.41, 5.74) is 1.92. The Balaban J connectivity index is 2.10. The number of rotatable bonds is 1. The molecular formula is C15H21NO3S. The van der Waals surface area contributed by atoms with Gasteiger partial charge in [0, 0.05) is 11.6 Å². The first-order chi connectivity index (χ1) is 9.32. The van der Waals surface area contributed by atoms with Crippen LogP contribution in [-0.4, -0.2) is 32.1 Å². The first-order valence-corrected chi connectivity index (χ1v) is 8.70. The van der Waals surface area contributed by atoms with Crippen LogP contribution in [0.1, 0.15) is 37.4 Å². The Kier molecular flexibility index (Phi) is 3.10. The minimum absolute atomic E-state index is 0.123. The number of ether oxygens (including phenoxy) is 1. The third-order valence-electron chi connectivity index (χ3n) is 4.33. The summed E-state index contributed by atoms with van der Waals surface area (Å²) in [5, 5.41) is 3.21. The largest absolute Gasteiger partial charge is 0.497 e. The number of aryl methyl sites for hydroxylation is 1. The van der Waals surface area contributed by atoms with Gasteiger partial charge in [0.1, 0.15) is 5.75 Å². The predicted molar refractivity (Wildman–Crippen MR) is 78.8 cm³/mol. The van der Waals surface area contributed by atoms with Gasteiger partial charge >= 0.3 is 0 Å². The predicted octanol–water partition coefficient (Wildman–Crippen LogP) is 1.85. The molecule has 1 aromatic carbocycles. The number of methoxy groups -OCH3 is 1. The van der Waals surface area contributed by atoms with Crippen molar-refractivity contribution in [3.05, 3.63) is 29.3 Å². The van der Waals surface area contributed by atoms with E-state index in [4.69, 9.17) is 4.74 Å². The molecule has 0 spiro atoms. The molecule has 3 rings (SSSR count). The van der Waals surface area contributed by atoms with E-state index in [0.29, 0.717) is 6.42 Å². The Bertz CT molecular complexity index is 637. The van der Waals surface area contributed by atoms with Crippen LogP contribution in [-0.2, 0) is 16.3 Å². The van der Waals surface area contributed by atoms with E-state index in [2.05, 4.69) is 11.4 Å². The first kappa shape index (κ1) is 13.9. The van der Waals surface area contributed by atoms with Crippen molar-refractivity contribution in [2.24, 2.45) is 0 Å². The van der Waals surface area contributed by atoms with Gasteiger partial charge in [-0.05, 0) is 49.9 Å². The number of benzene rings is 1. The molecule has 0 bridgehead atoms. The quantitative estimate of drug-likeness (QED) is 0.859. The highest BCUT2D eigenvalue weighted by atomic mass is 32.2. The molecule has 20 heavy (non-hydrogen) atoms. The molecule has 2 unspecified atom stereocenters. The van der Waals surface area contributed by atoms with Gasteiger partial charge in [-0.1, -0.05) is 6.07 Å². The SMILES string of the molecule is COc1ccc2c(c1)C1NC(C)(C)CS(=O)(=O)C1CC2. The molecule has 1 saturated heterocycles. The lowest BCUT2D eigenvalue weighted by Crippen LogP contribution is -2.59. The van der Waals surface area contributed by atoms with Crippen molar-refractivity contribution in [3.63, 3.8) is 0 Å². The second-order valence-corrected chi connectivity index (χ2v) is 8.67. The van der Waals surface area contributed by atoms with Gasteiger partial charge in [0.05, 0.1) is 18.1 Å². The van der Waals surface area contributed by atoms with Crippen LogP contribution in [0.25, 0.3) is 0 Å². The average Bonchev–Trinajstić information content (AvgIpc) is 2.35. The van der Waals surface area contributed by atoms with Gasteiger partial charge in [0.15, 0.2) is 9.84 Å². The summed E-state index contributed by atoms with van der Waals surface area (Å²) in [6, 6.07) is 5.86. The van der Waals surface area contributed by atoms with E-state index >= 15 is 0 Å².